The molecule has 0 bridgehead atoms. The van der Waals surface area contributed by atoms with Gasteiger partial charge in [-0.05, 0) is 24.3 Å². The van der Waals surface area contributed by atoms with E-state index in [1.165, 1.54) is 0 Å². The van der Waals surface area contributed by atoms with Crippen LogP contribution in [0.25, 0.3) is 33.4 Å². The van der Waals surface area contributed by atoms with Gasteiger partial charge in [0.1, 0.15) is 11.4 Å². The Labute approximate surface area is 131 Å². The number of rotatable bonds is 2. The Hall–Kier alpha value is -3.08. The van der Waals surface area contributed by atoms with Crippen molar-refractivity contribution in [3.63, 3.8) is 0 Å². The lowest BCUT2D eigenvalue weighted by Gasteiger charge is -2.06. The number of ether oxygens (including phenoxy) is 1. The zero-order chi connectivity index (χ0) is 16.0. The monoisotopic (exact) mass is 306 g/mol. The molecule has 0 saturated heterocycles. The van der Waals surface area contributed by atoms with Crippen molar-refractivity contribution in [2.24, 2.45) is 7.05 Å². The Balaban J connectivity index is 2.03. The molecule has 5 heteroatoms. The molecule has 4 rings (SSSR count). The molecule has 114 valence electrons. The van der Waals surface area contributed by atoms with Crippen LogP contribution in [-0.2, 0) is 7.05 Å². The van der Waals surface area contributed by atoms with Gasteiger partial charge in [-0.3, -0.25) is 0 Å². The highest BCUT2D eigenvalue weighted by Crippen LogP contribution is 2.28. The minimum Gasteiger partial charge on any atom is -0.493 e. The van der Waals surface area contributed by atoms with Crippen molar-refractivity contribution in [3.05, 3.63) is 59.0 Å². The Bertz CT molecular complexity index is 1090. The highest BCUT2D eigenvalue weighted by atomic mass is 16.5. The molecule has 0 radical (unpaired) electrons. The summed E-state index contributed by atoms with van der Waals surface area (Å²) in [6.07, 6.45) is 0. The van der Waals surface area contributed by atoms with Crippen LogP contribution < -0.4 is 10.4 Å². The lowest BCUT2D eigenvalue weighted by atomic mass is 10.1. The second-order valence-electron chi connectivity index (χ2n) is 5.31. The first-order valence-corrected chi connectivity index (χ1v) is 7.22. The van der Waals surface area contributed by atoms with E-state index in [9.17, 15) is 4.79 Å². The van der Waals surface area contributed by atoms with Gasteiger partial charge in [0.05, 0.1) is 18.1 Å². The van der Waals surface area contributed by atoms with Crippen LogP contribution in [0.3, 0.4) is 0 Å². The van der Waals surface area contributed by atoms with E-state index in [0.29, 0.717) is 22.7 Å². The van der Waals surface area contributed by atoms with Crippen molar-refractivity contribution in [3.8, 4) is 17.1 Å². The smallest absolute Gasteiger partial charge is 0.347 e. The fourth-order valence-corrected chi connectivity index (χ4v) is 2.82. The molecule has 23 heavy (non-hydrogen) atoms. The Morgan fingerprint density at radius 3 is 2.74 bits per heavy atom. The van der Waals surface area contributed by atoms with Crippen LogP contribution in [-0.4, -0.2) is 16.7 Å². The summed E-state index contributed by atoms with van der Waals surface area (Å²) in [4.78, 5) is 17.0. The van der Waals surface area contributed by atoms with Gasteiger partial charge in [0, 0.05) is 12.4 Å². The zero-order valence-corrected chi connectivity index (χ0v) is 12.7. The third-order valence-corrected chi connectivity index (χ3v) is 3.97. The Morgan fingerprint density at radius 1 is 1.13 bits per heavy atom. The molecule has 0 unspecified atom stereocenters. The van der Waals surface area contributed by atoms with Crippen molar-refractivity contribution in [1.29, 1.82) is 0 Å². The highest BCUT2D eigenvalue weighted by Gasteiger charge is 2.16. The number of imidazole rings is 1. The third-order valence-electron chi connectivity index (χ3n) is 3.97. The lowest BCUT2D eigenvalue weighted by Crippen LogP contribution is -2.06. The molecule has 0 saturated carbocycles. The largest absolute Gasteiger partial charge is 0.493 e. The van der Waals surface area contributed by atoms with Crippen LogP contribution in [0.2, 0.25) is 0 Å². The minimum absolute atomic E-state index is 0.430. The van der Waals surface area contributed by atoms with E-state index in [1.54, 1.807) is 19.2 Å². The molecule has 0 N–H and O–H groups in total. The molecule has 0 spiro atoms. The molecule has 0 aliphatic heterocycles. The molecule has 0 amide bonds. The number of hydrogen-bond acceptors (Lipinski definition) is 4. The maximum absolute atomic E-state index is 12.5. The van der Waals surface area contributed by atoms with E-state index in [4.69, 9.17) is 9.15 Å². The quantitative estimate of drug-likeness (QED) is 0.533. The van der Waals surface area contributed by atoms with Crippen LogP contribution in [0, 0.1) is 0 Å². The van der Waals surface area contributed by atoms with E-state index < -0.39 is 5.63 Å². The number of methoxy groups -OCH3 is 1. The van der Waals surface area contributed by atoms with E-state index >= 15 is 0 Å². The number of benzene rings is 2. The lowest BCUT2D eigenvalue weighted by molar-refractivity contribution is 0.407. The average molecular weight is 306 g/mol. The van der Waals surface area contributed by atoms with Gasteiger partial charge in [-0.25, -0.2) is 9.78 Å². The molecule has 0 atom stereocenters. The molecule has 0 aliphatic carbocycles. The van der Waals surface area contributed by atoms with Crippen LogP contribution in [0.5, 0.6) is 5.75 Å². The van der Waals surface area contributed by atoms with E-state index in [-0.39, 0.29) is 0 Å². The van der Waals surface area contributed by atoms with E-state index in [2.05, 4.69) is 4.98 Å². The first kappa shape index (κ1) is 13.6. The summed E-state index contributed by atoms with van der Waals surface area (Å²) in [6, 6.07) is 15.1. The van der Waals surface area contributed by atoms with E-state index in [1.807, 2.05) is 48.0 Å². The van der Waals surface area contributed by atoms with Crippen molar-refractivity contribution in [2.75, 3.05) is 7.11 Å². The fourth-order valence-electron chi connectivity index (χ4n) is 2.82. The molecule has 4 aromatic rings. The van der Waals surface area contributed by atoms with Gasteiger partial charge in [0.15, 0.2) is 11.3 Å². The Morgan fingerprint density at radius 2 is 1.96 bits per heavy atom. The second kappa shape index (κ2) is 4.98. The van der Waals surface area contributed by atoms with Crippen molar-refractivity contribution in [2.45, 2.75) is 0 Å². The molecular weight excluding hydrogens is 292 g/mol. The zero-order valence-electron chi connectivity index (χ0n) is 12.7. The molecule has 0 aliphatic rings. The van der Waals surface area contributed by atoms with Crippen molar-refractivity contribution < 1.29 is 9.15 Å². The minimum atomic E-state index is -0.430. The molecule has 2 aromatic carbocycles. The van der Waals surface area contributed by atoms with Gasteiger partial charge in [-0.1, -0.05) is 24.3 Å². The molecular formula is C18H14N2O3. The Kier molecular flexibility index (Phi) is 2.94. The van der Waals surface area contributed by atoms with Gasteiger partial charge < -0.3 is 13.7 Å². The number of fused-ring (bicyclic) bond motifs is 2. The number of aryl methyl sites for hydroxylation is 1. The van der Waals surface area contributed by atoms with Crippen LogP contribution >= 0.6 is 0 Å². The van der Waals surface area contributed by atoms with Crippen LogP contribution in [0.15, 0.2) is 57.7 Å². The van der Waals surface area contributed by atoms with Gasteiger partial charge in [0.2, 0.25) is 0 Å². The van der Waals surface area contributed by atoms with Crippen molar-refractivity contribution >= 4 is 22.0 Å². The normalized spacial score (nSPS) is 11.2. The second-order valence-corrected chi connectivity index (χ2v) is 5.31. The first-order chi connectivity index (χ1) is 11.2. The SMILES string of the molecule is COc1cccc2cc(-c3nc4ccccc4n3C)c(=O)oc12. The summed E-state index contributed by atoms with van der Waals surface area (Å²) in [7, 11) is 3.44. The van der Waals surface area contributed by atoms with Gasteiger partial charge in [0.25, 0.3) is 0 Å². The number of para-hydroxylation sites is 3. The van der Waals surface area contributed by atoms with Gasteiger partial charge in [-0.2, -0.15) is 0 Å². The maximum atomic E-state index is 12.5. The molecule has 5 nitrogen and oxygen atoms in total. The maximum Gasteiger partial charge on any atom is 0.347 e. The average Bonchev–Trinajstić information content (AvgIpc) is 2.91. The van der Waals surface area contributed by atoms with Gasteiger partial charge >= 0.3 is 5.63 Å². The summed E-state index contributed by atoms with van der Waals surface area (Å²) in [6.45, 7) is 0. The van der Waals surface area contributed by atoms with Crippen LogP contribution in [0.4, 0.5) is 0 Å². The van der Waals surface area contributed by atoms with Crippen LogP contribution in [0.1, 0.15) is 0 Å². The predicted octanol–water partition coefficient (Wildman–Crippen LogP) is 3.36. The summed E-state index contributed by atoms with van der Waals surface area (Å²) < 4.78 is 12.6. The number of nitrogens with zero attached hydrogens (tertiary/aromatic N) is 2. The molecule has 0 fully saturated rings. The predicted molar refractivity (Wildman–Crippen MR) is 88.7 cm³/mol. The highest BCUT2D eigenvalue weighted by molar-refractivity contribution is 5.87. The third kappa shape index (κ3) is 2.01. The molecule has 2 aromatic heterocycles. The topological polar surface area (TPSA) is 57.3 Å². The summed E-state index contributed by atoms with van der Waals surface area (Å²) in [5.41, 5.74) is 2.26. The van der Waals surface area contributed by atoms with E-state index in [0.717, 1.165) is 16.4 Å². The first-order valence-electron chi connectivity index (χ1n) is 7.22. The summed E-state index contributed by atoms with van der Waals surface area (Å²) >= 11 is 0. The summed E-state index contributed by atoms with van der Waals surface area (Å²) in [5.74, 6) is 1.13. The number of hydrogen-bond donors (Lipinski definition) is 0. The fraction of sp³-hybridized carbons (Fsp3) is 0.111. The van der Waals surface area contributed by atoms with Gasteiger partial charge in [-0.15, -0.1) is 0 Å². The van der Waals surface area contributed by atoms with Crippen molar-refractivity contribution in [1.82, 2.24) is 9.55 Å². The number of aromatic nitrogens is 2. The molecule has 2 heterocycles. The standard InChI is InChI=1S/C18H14N2O3/c1-20-14-8-4-3-7-13(14)19-17(20)12-10-11-6-5-9-15(22-2)16(11)23-18(12)21/h3-10H,1-2H3. The summed E-state index contributed by atoms with van der Waals surface area (Å²) in [5, 5.41) is 0.797.